The smallest absolute Gasteiger partial charge is 0.338 e. The Kier molecular flexibility index (Phi) is 4.06. The number of nitrogens with zero attached hydrogens (tertiary/aromatic N) is 2. The van der Waals surface area contributed by atoms with Crippen LogP contribution in [0.4, 0.5) is 5.69 Å². The zero-order chi connectivity index (χ0) is 13.8. The molecule has 0 unspecified atom stereocenters. The van der Waals surface area contributed by atoms with Gasteiger partial charge in [-0.25, -0.2) is 4.79 Å². The Balaban J connectivity index is 1.99. The van der Waals surface area contributed by atoms with Crippen LogP contribution in [0.3, 0.4) is 0 Å². The summed E-state index contributed by atoms with van der Waals surface area (Å²) < 4.78 is 6.94. The lowest BCUT2D eigenvalue weighted by atomic mass is 10.2. The third kappa shape index (κ3) is 3.26. The van der Waals surface area contributed by atoms with Crippen LogP contribution in [0.5, 0.6) is 0 Å². The highest BCUT2D eigenvalue weighted by atomic mass is 35.5. The van der Waals surface area contributed by atoms with Crippen molar-refractivity contribution in [1.29, 1.82) is 0 Å². The van der Waals surface area contributed by atoms with Crippen molar-refractivity contribution in [3.8, 4) is 0 Å². The van der Waals surface area contributed by atoms with Gasteiger partial charge in [0.15, 0.2) is 0 Å². The average Bonchev–Trinajstić information content (AvgIpc) is 2.87. The molecule has 6 heteroatoms. The molecule has 0 atom stereocenters. The van der Waals surface area contributed by atoms with E-state index in [1.807, 2.05) is 13.1 Å². The summed E-state index contributed by atoms with van der Waals surface area (Å²) in [5, 5.41) is 4.44. The second kappa shape index (κ2) is 5.75. The van der Waals surface area contributed by atoms with Crippen molar-refractivity contribution in [1.82, 2.24) is 9.78 Å². The Morgan fingerprint density at radius 3 is 2.95 bits per heavy atom. The molecule has 0 saturated carbocycles. The molecule has 1 aromatic heterocycles. The van der Waals surface area contributed by atoms with Crippen LogP contribution in [0, 0.1) is 0 Å². The topological polar surface area (TPSA) is 70.1 Å². The summed E-state index contributed by atoms with van der Waals surface area (Å²) in [6.45, 7) is 2.95. The molecule has 0 bridgehead atoms. The maximum Gasteiger partial charge on any atom is 0.338 e. The minimum atomic E-state index is -0.439. The standard InChI is InChI=1S/C13H14ClN3O2/c1-2-17-7-9(6-16-17)8-19-13(18)10-3-4-12(15)11(14)5-10/h3-7H,2,8,15H2,1H3. The summed E-state index contributed by atoms with van der Waals surface area (Å²) in [7, 11) is 0. The van der Waals surface area contributed by atoms with Crippen LogP contribution >= 0.6 is 11.6 Å². The molecule has 0 spiro atoms. The summed E-state index contributed by atoms with van der Waals surface area (Å²) in [6, 6.07) is 4.65. The maximum atomic E-state index is 11.8. The number of ether oxygens (including phenoxy) is 1. The predicted octanol–water partition coefficient (Wildman–Crippen LogP) is 2.50. The van der Waals surface area contributed by atoms with Gasteiger partial charge in [-0.1, -0.05) is 11.6 Å². The van der Waals surface area contributed by atoms with Gasteiger partial charge in [-0.2, -0.15) is 5.10 Å². The third-order valence-corrected chi connectivity index (χ3v) is 2.94. The van der Waals surface area contributed by atoms with Gasteiger partial charge in [-0.15, -0.1) is 0 Å². The number of benzene rings is 1. The molecular weight excluding hydrogens is 266 g/mol. The molecule has 1 heterocycles. The van der Waals surface area contributed by atoms with E-state index in [1.54, 1.807) is 23.0 Å². The molecule has 0 radical (unpaired) electrons. The fraction of sp³-hybridized carbons (Fsp3) is 0.231. The fourth-order valence-corrected chi connectivity index (χ4v) is 1.72. The summed E-state index contributed by atoms with van der Waals surface area (Å²) in [5.74, 6) is -0.439. The Labute approximate surface area is 115 Å². The molecular formula is C13H14ClN3O2. The van der Waals surface area contributed by atoms with Crippen LogP contribution in [-0.2, 0) is 17.9 Å². The second-order valence-corrected chi connectivity index (χ2v) is 4.42. The first-order chi connectivity index (χ1) is 9.10. The summed E-state index contributed by atoms with van der Waals surface area (Å²) in [5.41, 5.74) is 7.23. The molecule has 1 aromatic carbocycles. The highest BCUT2D eigenvalue weighted by molar-refractivity contribution is 6.33. The minimum Gasteiger partial charge on any atom is -0.457 e. The molecule has 19 heavy (non-hydrogen) atoms. The van der Waals surface area contributed by atoms with Crippen LogP contribution in [0.15, 0.2) is 30.6 Å². The van der Waals surface area contributed by atoms with Crippen molar-refractivity contribution in [2.75, 3.05) is 5.73 Å². The fourth-order valence-electron chi connectivity index (χ4n) is 1.54. The molecule has 0 saturated heterocycles. The lowest BCUT2D eigenvalue weighted by molar-refractivity contribution is 0.0472. The Bertz CT molecular complexity index is 595. The monoisotopic (exact) mass is 279 g/mol. The zero-order valence-corrected chi connectivity index (χ0v) is 11.2. The second-order valence-electron chi connectivity index (χ2n) is 4.02. The van der Waals surface area contributed by atoms with Gasteiger partial charge in [0, 0.05) is 18.3 Å². The van der Waals surface area contributed by atoms with Gasteiger partial charge in [0.1, 0.15) is 6.61 Å². The largest absolute Gasteiger partial charge is 0.457 e. The molecule has 100 valence electrons. The Morgan fingerprint density at radius 1 is 1.53 bits per heavy atom. The number of carbonyl (C=O) groups excluding carboxylic acids is 1. The molecule has 0 aliphatic rings. The van der Waals surface area contributed by atoms with Gasteiger partial charge in [0.05, 0.1) is 22.5 Å². The quantitative estimate of drug-likeness (QED) is 0.689. The maximum absolute atomic E-state index is 11.8. The van der Waals surface area contributed by atoms with Gasteiger partial charge in [0.2, 0.25) is 0 Å². The molecule has 0 aliphatic carbocycles. The first-order valence-corrected chi connectivity index (χ1v) is 6.21. The van der Waals surface area contributed by atoms with E-state index in [1.165, 1.54) is 6.07 Å². The molecule has 0 fully saturated rings. The lowest BCUT2D eigenvalue weighted by Gasteiger charge is -2.04. The number of nitrogens with two attached hydrogens (primary N) is 1. The number of rotatable bonds is 4. The van der Waals surface area contributed by atoms with E-state index < -0.39 is 5.97 Å². The molecule has 2 aromatic rings. The summed E-state index contributed by atoms with van der Waals surface area (Å²) in [4.78, 5) is 11.8. The van der Waals surface area contributed by atoms with Crippen LogP contribution in [0.25, 0.3) is 0 Å². The predicted molar refractivity (Wildman–Crippen MR) is 72.9 cm³/mol. The Morgan fingerprint density at radius 2 is 2.32 bits per heavy atom. The van der Waals surface area contributed by atoms with Crippen LogP contribution in [-0.4, -0.2) is 15.7 Å². The number of halogens is 1. The first kappa shape index (κ1) is 13.4. The van der Waals surface area contributed by atoms with Crippen molar-refractivity contribution >= 4 is 23.3 Å². The van der Waals surface area contributed by atoms with Gasteiger partial charge < -0.3 is 10.5 Å². The number of nitrogen functional groups attached to an aromatic ring is 1. The normalized spacial score (nSPS) is 10.4. The third-order valence-electron chi connectivity index (χ3n) is 2.62. The van der Waals surface area contributed by atoms with E-state index in [4.69, 9.17) is 22.1 Å². The van der Waals surface area contributed by atoms with Crippen molar-refractivity contribution in [3.63, 3.8) is 0 Å². The number of aromatic nitrogens is 2. The van der Waals surface area contributed by atoms with Crippen LogP contribution in [0.1, 0.15) is 22.8 Å². The van der Waals surface area contributed by atoms with Crippen molar-refractivity contribution in [2.45, 2.75) is 20.1 Å². The molecule has 5 nitrogen and oxygen atoms in total. The Hall–Kier alpha value is -2.01. The number of anilines is 1. The first-order valence-electron chi connectivity index (χ1n) is 5.83. The van der Waals surface area contributed by atoms with E-state index in [2.05, 4.69) is 5.10 Å². The molecule has 2 rings (SSSR count). The van der Waals surface area contributed by atoms with Crippen molar-refractivity contribution in [2.24, 2.45) is 0 Å². The molecule has 0 aliphatic heterocycles. The number of aryl methyl sites for hydroxylation is 1. The van der Waals surface area contributed by atoms with Gasteiger partial charge >= 0.3 is 5.97 Å². The van der Waals surface area contributed by atoms with Gasteiger partial charge in [-0.3, -0.25) is 4.68 Å². The number of carbonyl (C=O) groups is 1. The van der Waals surface area contributed by atoms with E-state index in [9.17, 15) is 4.79 Å². The lowest BCUT2D eigenvalue weighted by Crippen LogP contribution is -2.05. The molecule has 2 N–H and O–H groups in total. The van der Waals surface area contributed by atoms with Crippen LogP contribution in [0.2, 0.25) is 5.02 Å². The zero-order valence-electron chi connectivity index (χ0n) is 10.5. The average molecular weight is 280 g/mol. The van der Waals surface area contributed by atoms with Gasteiger partial charge in [0.25, 0.3) is 0 Å². The van der Waals surface area contributed by atoms with Crippen molar-refractivity contribution in [3.05, 3.63) is 46.7 Å². The van der Waals surface area contributed by atoms with E-state index in [0.717, 1.165) is 12.1 Å². The number of esters is 1. The van der Waals surface area contributed by atoms with Crippen LogP contribution < -0.4 is 5.73 Å². The SMILES string of the molecule is CCn1cc(COC(=O)c2ccc(N)c(Cl)c2)cn1. The highest BCUT2D eigenvalue weighted by Crippen LogP contribution is 2.20. The molecule has 0 amide bonds. The number of hydrogen-bond acceptors (Lipinski definition) is 4. The number of hydrogen-bond donors (Lipinski definition) is 1. The summed E-state index contributed by atoms with van der Waals surface area (Å²) >= 11 is 5.85. The summed E-state index contributed by atoms with van der Waals surface area (Å²) in [6.07, 6.45) is 3.51. The van der Waals surface area contributed by atoms with E-state index in [0.29, 0.717) is 16.3 Å². The highest BCUT2D eigenvalue weighted by Gasteiger charge is 2.10. The van der Waals surface area contributed by atoms with Gasteiger partial charge in [-0.05, 0) is 25.1 Å². The van der Waals surface area contributed by atoms with E-state index >= 15 is 0 Å². The minimum absolute atomic E-state index is 0.181. The van der Waals surface area contributed by atoms with E-state index in [-0.39, 0.29) is 6.61 Å². The van der Waals surface area contributed by atoms with Crippen molar-refractivity contribution < 1.29 is 9.53 Å².